The summed E-state index contributed by atoms with van der Waals surface area (Å²) in [5.41, 5.74) is 6.26. The third kappa shape index (κ3) is 5.60. The molecule has 0 unspecified atom stereocenters. The minimum atomic E-state index is -0.554. The molecule has 1 aromatic heterocycles. The van der Waals surface area contributed by atoms with Gasteiger partial charge in [-0.05, 0) is 53.6 Å². The van der Waals surface area contributed by atoms with Crippen molar-refractivity contribution in [3.63, 3.8) is 0 Å². The monoisotopic (exact) mass is 494 g/mol. The highest BCUT2D eigenvalue weighted by Crippen LogP contribution is 2.37. The Morgan fingerprint density at radius 1 is 0.946 bits per heavy atom. The van der Waals surface area contributed by atoms with E-state index in [1.54, 1.807) is 30.0 Å². The van der Waals surface area contributed by atoms with Crippen molar-refractivity contribution >= 4 is 23.2 Å². The van der Waals surface area contributed by atoms with Crippen molar-refractivity contribution < 1.29 is 19.5 Å². The molecule has 3 aromatic carbocycles. The minimum absolute atomic E-state index is 0.0232. The van der Waals surface area contributed by atoms with E-state index in [0.717, 1.165) is 22.4 Å². The van der Waals surface area contributed by atoms with Crippen molar-refractivity contribution in [1.82, 2.24) is 10.5 Å². The van der Waals surface area contributed by atoms with Crippen LogP contribution < -0.4 is 20.4 Å². The number of nitrogens with zero attached hydrogens (tertiary/aromatic N) is 2. The number of aromatic nitrogens is 1. The number of hydroxylamine groups is 1. The Balaban J connectivity index is 1.21. The fourth-order valence-electron chi connectivity index (χ4n) is 4.37. The number of pyridine rings is 1. The van der Waals surface area contributed by atoms with Crippen LogP contribution >= 0.6 is 0 Å². The summed E-state index contributed by atoms with van der Waals surface area (Å²) in [6, 6.07) is 26.1. The van der Waals surface area contributed by atoms with Gasteiger partial charge in [0.2, 0.25) is 5.91 Å². The molecule has 2 amide bonds. The zero-order valence-corrected chi connectivity index (χ0v) is 20.0. The highest BCUT2D eigenvalue weighted by Gasteiger charge is 2.31. The quantitative estimate of drug-likeness (QED) is 0.249. The molecule has 5 rings (SSSR count). The molecule has 8 heteroatoms. The smallest absolute Gasteiger partial charge is 0.275 e. The van der Waals surface area contributed by atoms with Gasteiger partial charge >= 0.3 is 0 Å². The maximum absolute atomic E-state index is 12.3. The molecule has 0 radical (unpaired) electrons. The topological polar surface area (TPSA) is 104 Å². The van der Waals surface area contributed by atoms with E-state index in [4.69, 9.17) is 4.74 Å². The van der Waals surface area contributed by atoms with Crippen LogP contribution in [-0.4, -0.2) is 41.2 Å². The van der Waals surface area contributed by atoms with Crippen LogP contribution in [0.4, 0.5) is 11.4 Å². The summed E-state index contributed by atoms with van der Waals surface area (Å²) >= 11 is 0. The van der Waals surface area contributed by atoms with E-state index in [9.17, 15) is 14.8 Å². The zero-order valence-electron chi connectivity index (χ0n) is 20.0. The second-order valence-electron chi connectivity index (χ2n) is 8.76. The molecule has 1 aliphatic rings. The second-order valence-corrected chi connectivity index (χ2v) is 8.76. The molecule has 0 spiro atoms. The highest BCUT2D eigenvalue weighted by molar-refractivity contribution is 6.03. The lowest BCUT2D eigenvalue weighted by Crippen LogP contribution is -2.54. The largest absolute Gasteiger partial charge is 0.487 e. The van der Waals surface area contributed by atoms with Crippen LogP contribution in [-0.2, 0) is 11.2 Å². The summed E-state index contributed by atoms with van der Waals surface area (Å²) in [4.78, 5) is 30.8. The van der Waals surface area contributed by atoms with Crippen molar-refractivity contribution in [3.8, 4) is 16.9 Å². The Morgan fingerprint density at radius 2 is 1.73 bits per heavy atom. The van der Waals surface area contributed by atoms with Crippen LogP contribution in [0.5, 0.6) is 5.75 Å². The Bertz CT molecular complexity index is 1370. The lowest BCUT2D eigenvalue weighted by Gasteiger charge is -2.42. The predicted octanol–water partition coefficient (Wildman–Crippen LogP) is 4.32. The van der Waals surface area contributed by atoms with Gasteiger partial charge < -0.3 is 15.0 Å². The van der Waals surface area contributed by atoms with Gasteiger partial charge in [0.1, 0.15) is 11.9 Å². The summed E-state index contributed by atoms with van der Waals surface area (Å²) in [6.45, 7) is 1.29. The molecular formula is C29H26N4O4. The average Bonchev–Trinajstić information content (AvgIpc) is 2.91. The first kappa shape index (κ1) is 24.0. The molecule has 3 N–H and O–H groups in total. The van der Waals surface area contributed by atoms with Crippen molar-refractivity contribution in [1.29, 1.82) is 0 Å². The summed E-state index contributed by atoms with van der Waals surface area (Å²) in [6.07, 6.45) is 3.59. The van der Waals surface area contributed by atoms with E-state index in [1.807, 2.05) is 72.8 Å². The van der Waals surface area contributed by atoms with Gasteiger partial charge in [-0.2, -0.15) is 0 Å². The maximum Gasteiger partial charge on any atom is 0.275 e. The molecule has 4 aromatic rings. The number of hydrogen-bond donors (Lipinski definition) is 3. The van der Waals surface area contributed by atoms with E-state index in [-0.39, 0.29) is 18.4 Å². The van der Waals surface area contributed by atoms with Gasteiger partial charge in [-0.1, -0.05) is 42.5 Å². The summed E-state index contributed by atoms with van der Waals surface area (Å²) in [7, 11) is 0. The Morgan fingerprint density at radius 3 is 2.43 bits per heavy atom. The van der Waals surface area contributed by atoms with Crippen LogP contribution in [0.1, 0.15) is 15.9 Å². The first-order valence-corrected chi connectivity index (χ1v) is 11.9. The van der Waals surface area contributed by atoms with Gasteiger partial charge in [0.25, 0.3) is 5.91 Å². The number of hydrogen-bond acceptors (Lipinski definition) is 6. The van der Waals surface area contributed by atoms with E-state index >= 15 is 0 Å². The molecule has 37 heavy (non-hydrogen) atoms. The zero-order chi connectivity index (χ0) is 25.6. The van der Waals surface area contributed by atoms with E-state index in [0.29, 0.717) is 30.1 Å². The van der Waals surface area contributed by atoms with Crippen LogP contribution in [0.15, 0.2) is 97.3 Å². The van der Waals surface area contributed by atoms with Gasteiger partial charge in [0.15, 0.2) is 0 Å². The first-order chi connectivity index (χ1) is 18.1. The van der Waals surface area contributed by atoms with Crippen molar-refractivity contribution in [2.24, 2.45) is 0 Å². The number of amides is 2. The standard InChI is InChI=1S/C29H26N4O4/c34-27(16-20-6-5-15-30-17-20)31-22-11-13-23(14-12-22)37-24-18-33(19-24)26-10-4-9-25(29(35)32-36)28(26)21-7-2-1-3-8-21/h1-15,17,24,36H,16,18-19H2,(H,31,34)(H,32,35). The lowest BCUT2D eigenvalue weighted by atomic mass is 9.95. The summed E-state index contributed by atoms with van der Waals surface area (Å²) in [5.74, 6) is 0.0517. The average molecular weight is 495 g/mol. The normalized spacial score (nSPS) is 12.9. The van der Waals surface area contributed by atoms with E-state index in [1.165, 1.54) is 0 Å². The fraction of sp³-hybridized carbons (Fsp3) is 0.138. The third-order valence-corrected chi connectivity index (χ3v) is 6.17. The van der Waals surface area contributed by atoms with Crippen molar-refractivity contribution in [2.75, 3.05) is 23.3 Å². The first-order valence-electron chi connectivity index (χ1n) is 11.9. The van der Waals surface area contributed by atoms with Crippen LogP contribution in [0.25, 0.3) is 11.1 Å². The number of nitrogens with one attached hydrogen (secondary N) is 2. The van der Waals surface area contributed by atoms with Gasteiger partial charge in [0, 0.05) is 29.3 Å². The summed E-state index contributed by atoms with van der Waals surface area (Å²) in [5, 5.41) is 12.1. The molecule has 0 bridgehead atoms. The highest BCUT2D eigenvalue weighted by atomic mass is 16.5. The van der Waals surface area contributed by atoms with Crippen LogP contribution in [0, 0.1) is 0 Å². The Hall–Kier alpha value is -4.69. The van der Waals surface area contributed by atoms with Crippen LogP contribution in [0.2, 0.25) is 0 Å². The van der Waals surface area contributed by atoms with Gasteiger partial charge in [-0.3, -0.25) is 19.8 Å². The van der Waals surface area contributed by atoms with Crippen molar-refractivity contribution in [3.05, 3.63) is 108 Å². The van der Waals surface area contributed by atoms with Gasteiger partial charge in [-0.15, -0.1) is 0 Å². The molecule has 8 nitrogen and oxygen atoms in total. The molecule has 0 saturated carbocycles. The van der Waals surface area contributed by atoms with Gasteiger partial charge in [-0.25, -0.2) is 5.48 Å². The Labute approximate surface area is 214 Å². The predicted molar refractivity (Wildman–Crippen MR) is 141 cm³/mol. The lowest BCUT2D eigenvalue weighted by molar-refractivity contribution is -0.115. The van der Waals surface area contributed by atoms with Crippen LogP contribution in [0.3, 0.4) is 0 Å². The van der Waals surface area contributed by atoms with Crippen molar-refractivity contribution in [2.45, 2.75) is 12.5 Å². The van der Waals surface area contributed by atoms with E-state index in [2.05, 4.69) is 15.2 Å². The van der Waals surface area contributed by atoms with E-state index < -0.39 is 5.91 Å². The molecule has 1 saturated heterocycles. The fourth-order valence-corrected chi connectivity index (χ4v) is 4.37. The molecule has 2 heterocycles. The van der Waals surface area contributed by atoms with Gasteiger partial charge in [0.05, 0.1) is 25.1 Å². The number of carbonyl (C=O) groups excluding carboxylic acids is 2. The molecule has 1 fully saturated rings. The number of rotatable bonds is 8. The number of benzene rings is 3. The molecule has 186 valence electrons. The molecule has 0 aliphatic carbocycles. The molecular weight excluding hydrogens is 468 g/mol. The number of carbonyl (C=O) groups is 2. The third-order valence-electron chi connectivity index (χ3n) is 6.17. The number of anilines is 2. The molecule has 1 aliphatic heterocycles. The SMILES string of the molecule is O=C(Cc1cccnc1)Nc1ccc(OC2CN(c3cccc(C(=O)NO)c3-c3ccccc3)C2)cc1. The molecule has 0 atom stereocenters. The number of ether oxygens (including phenoxy) is 1. The maximum atomic E-state index is 12.3. The minimum Gasteiger partial charge on any atom is -0.487 e. The Kier molecular flexibility index (Phi) is 7.09. The second kappa shape index (κ2) is 10.9. The summed E-state index contributed by atoms with van der Waals surface area (Å²) < 4.78 is 6.12.